The number of nitrogens with zero attached hydrogens (tertiary/aromatic N) is 1. The van der Waals surface area contributed by atoms with Crippen LogP contribution < -0.4 is 5.73 Å². The zero-order valence-electron chi connectivity index (χ0n) is 13.3. The van der Waals surface area contributed by atoms with Crippen LogP contribution >= 0.6 is 24.0 Å². The first-order valence-corrected chi connectivity index (χ1v) is 8.18. The van der Waals surface area contributed by atoms with E-state index in [9.17, 15) is 9.59 Å². The van der Waals surface area contributed by atoms with E-state index in [1.165, 1.54) is 0 Å². The molecule has 0 aromatic heterocycles. The number of rotatable bonds is 5. The standard InChI is InChI=1S/C17H23ClN2O2.ClH/c1-12(19)2-7-16(21)20-10-8-14(9-11-20)17(22)13-3-5-15(18)6-4-13;/h3-6,12,14H,2,7-11,19H2,1H3;1H. The van der Waals surface area contributed by atoms with Gasteiger partial charge in [0, 0.05) is 42.1 Å². The minimum Gasteiger partial charge on any atom is -0.343 e. The third-order valence-corrected chi connectivity index (χ3v) is 4.41. The lowest BCUT2D eigenvalue weighted by atomic mass is 9.89. The maximum absolute atomic E-state index is 12.4. The average Bonchev–Trinajstić information content (AvgIpc) is 2.53. The van der Waals surface area contributed by atoms with Gasteiger partial charge in [-0.3, -0.25) is 9.59 Å². The van der Waals surface area contributed by atoms with Crippen LogP contribution in [0, 0.1) is 5.92 Å². The SMILES string of the molecule is CC(N)CCC(=O)N1CCC(C(=O)c2ccc(Cl)cc2)CC1.Cl. The second kappa shape index (κ2) is 9.26. The molecule has 2 N–H and O–H groups in total. The lowest BCUT2D eigenvalue weighted by molar-refractivity contribution is -0.132. The Hall–Kier alpha value is -1.10. The van der Waals surface area contributed by atoms with E-state index in [0.29, 0.717) is 36.5 Å². The minimum absolute atomic E-state index is 0. The van der Waals surface area contributed by atoms with E-state index in [1.807, 2.05) is 11.8 Å². The number of carbonyl (C=O) groups is 2. The topological polar surface area (TPSA) is 63.4 Å². The Morgan fingerprint density at radius 1 is 1.26 bits per heavy atom. The van der Waals surface area contributed by atoms with Crippen LogP contribution in [0.25, 0.3) is 0 Å². The Balaban J connectivity index is 0.00000264. The van der Waals surface area contributed by atoms with Gasteiger partial charge in [-0.1, -0.05) is 11.6 Å². The molecule has 1 aromatic rings. The fourth-order valence-corrected chi connectivity index (χ4v) is 2.88. The van der Waals surface area contributed by atoms with Crippen molar-refractivity contribution in [2.24, 2.45) is 11.7 Å². The molecule has 1 aromatic carbocycles. The van der Waals surface area contributed by atoms with Crippen LogP contribution in [0.2, 0.25) is 5.02 Å². The van der Waals surface area contributed by atoms with Crippen molar-refractivity contribution in [3.05, 3.63) is 34.9 Å². The number of hydrogen-bond donors (Lipinski definition) is 1. The molecule has 1 atom stereocenters. The largest absolute Gasteiger partial charge is 0.343 e. The second-order valence-corrected chi connectivity index (χ2v) is 6.48. The van der Waals surface area contributed by atoms with Gasteiger partial charge in [-0.15, -0.1) is 12.4 Å². The lowest BCUT2D eigenvalue weighted by Gasteiger charge is -2.31. The van der Waals surface area contributed by atoms with Crippen molar-refractivity contribution in [1.29, 1.82) is 0 Å². The van der Waals surface area contributed by atoms with Crippen LogP contribution in [0.15, 0.2) is 24.3 Å². The van der Waals surface area contributed by atoms with Gasteiger partial charge in [0.1, 0.15) is 0 Å². The van der Waals surface area contributed by atoms with Crippen molar-refractivity contribution in [2.75, 3.05) is 13.1 Å². The van der Waals surface area contributed by atoms with Crippen LogP contribution in [-0.2, 0) is 4.79 Å². The third kappa shape index (κ3) is 5.79. The molecule has 6 heteroatoms. The molecular weight excluding hydrogens is 335 g/mol. The summed E-state index contributed by atoms with van der Waals surface area (Å²) in [6.45, 7) is 3.22. The number of amides is 1. The van der Waals surface area contributed by atoms with Crippen LogP contribution in [0.4, 0.5) is 0 Å². The molecule has 1 unspecified atom stereocenters. The maximum atomic E-state index is 12.4. The van der Waals surface area contributed by atoms with E-state index in [0.717, 1.165) is 12.8 Å². The van der Waals surface area contributed by atoms with Gasteiger partial charge in [0.15, 0.2) is 5.78 Å². The second-order valence-electron chi connectivity index (χ2n) is 6.04. The molecule has 1 aliphatic rings. The molecule has 0 spiro atoms. The van der Waals surface area contributed by atoms with Crippen molar-refractivity contribution < 1.29 is 9.59 Å². The highest BCUT2D eigenvalue weighted by molar-refractivity contribution is 6.30. The first-order chi connectivity index (χ1) is 10.5. The number of ketones is 1. The average molecular weight is 359 g/mol. The molecular formula is C17H24Cl2N2O2. The van der Waals surface area contributed by atoms with Crippen molar-refractivity contribution >= 4 is 35.7 Å². The summed E-state index contributed by atoms with van der Waals surface area (Å²) in [5.41, 5.74) is 6.38. The van der Waals surface area contributed by atoms with E-state index < -0.39 is 0 Å². The molecule has 1 saturated heterocycles. The Bertz CT molecular complexity index is 524. The number of likely N-dealkylation sites (tertiary alicyclic amines) is 1. The highest BCUT2D eigenvalue weighted by Crippen LogP contribution is 2.23. The Morgan fingerprint density at radius 3 is 2.35 bits per heavy atom. The molecule has 1 amide bonds. The number of benzene rings is 1. The van der Waals surface area contributed by atoms with Crippen molar-refractivity contribution in [3.8, 4) is 0 Å². The number of hydrogen-bond acceptors (Lipinski definition) is 3. The number of piperidine rings is 1. The molecule has 1 fully saturated rings. The zero-order valence-corrected chi connectivity index (χ0v) is 14.9. The van der Waals surface area contributed by atoms with E-state index >= 15 is 0 Å². The first-order valence-electron chi connectivity index (χ1n) is 7.80. The van der Waals surface area contributed by atoms with Crippen molar-refractivity contribution in [2.45, 2.75) is 38.6 Å². The molecule has 2 rings (SSSR count). The van der Waals surface area contributed by atoms with Gasteiger partial charge in [0.25, 0.3) is 0 Å². The van der Waals surface area contributed by atoms with Gasteiger partial charge >= 0.3 is 0 Å². The van der Waals surface area contributed by atoms with E-state index in [4.69, 9.17) is 17.3 Å². The highest BCUT2D eigenvalue weighted by Gasteiger charge is 2.27. The summed E-state index contributed by atoms with van der Waals surface area (Å²) < 4.78 is 0. The molecule has 0 saturated carbocycles. The van der Waals surface area contributed by atoms with Gasteiger partial charge in [-0.05, 0) is 50.5 Å². The molecule has 4 nitrogen and oxygen atoms in total. The Kier molecular flexibility index (Phi) is 8.03. The fourth-order valence-electron chi connectivity index (χ4n) is 2.75. The van der Waals surface area contributed by atoms with Gasteiger partial charge < -0.3 is 10.6 Å². The molecule has 128 valence electrons. The first kappa shape index (κ1) is 19.9. The lowest BCUT2D eigenvalue weighted by Crippen LogP contribution is -2.40. The van der Waals surface area contributed by atoms with Crippen LogP contribution in [0.5, 0.6) is 0 Å². The Labute approximate surface area is 148 Å². The van der Waals surface area contributed by atoms with E-state index in [1.54, 1.807) is 24.3 Å². The summed E-state index contributed by atoms with van der Waals surface area (Å²) in [4.78, 5) is 26.4. The van der Waals surface area contributed by atoms with Gasteiger partial charge in [0.05, 0.1) is 0 Å². The smallest absolute Gasteiger partial charge is 0.222 e. The normalized spacial score (nSPS) is 16.6. The Morgan fingerprint density at radius 2 is 1.83 bits per heavy atom. The van der Waals surface area contributed by atoms with Crippen molar-refractivity contribution in [3.63, 3.8) is 0 Å². The fraction of sp³-hybridized carbons (Fsp3) is 0.529. The maximum Gasteiger partial charge on any atom is 0.222 e. The molecule has 0 radical (unpaired) electrons. The van der Waals surface area contributed by atoms with Crippen molar-refractivity contribution in [1.82, 2.24) is 4.90 Å². The summed E-state index contributed by atoms with van der Waals surface area (Å²) in [5, 5.41) is 0.631. The third-order valence-electron chi connectivity index (χ3n) is 4.16. The number of carbonyl (C=O) groups excluding carboxylic acids is 2. The predicted octanol–water partition coefficient (Wildman–Crippen LogP) is 3.31. The molecule has 0 bridgehead atoms. The summed E-state index contributed by atoms with van der Waals surface area (Å²) in [5.74, 6) is 0.299. The van der Waals surface area contributed by atoms with Gasteiger partial charge in [-0.2, -0.15) is 0 Å². The van der Waals surface area contributed by atoms with Crippen LogP contribution in [-0.4, -0.2) is 35.7 Å². The van der Waals surface area contributed by atoms with E-state index in [-0.39, 0.29) is 36.1 Å². The number of nitrogens with two attached hydrogens (primary N) is 1. The number of Topliss-reactive ketones (excluding diaryl/α,β-unsaturated/α-hetero) is 1. The molecule has 1 heterocycles. The summed E-state index contributed by atoms with van der Waals surface area (Å²) in [7, 11) is 0. The molecule has 1 aliphatic heterocycles. The van der Waals surface area contributed by atoms with E-state index in [2.05, 4.69) is 0 Å². The molecule has 23 heavy (non-hydrogen) atoms. The zero-order chi connectivity index (χ0) is 16.1. The van der Waals surface area contributed by atoms with Gasteiger partial charge in [0.2, 0.25) is 5.91 Å². The van der Waals surface area contributed by atoms with Crippen LogP contribution in [0.3, 0.4) is 0 Å². The molecule has 0 aliphatic carbocycles. The summed E-state index contributed by atoms with van der Waals surface area (Å²) >= 11 is 5.84. The summed E-state index contributed by atoms with van der Waals surface area (Å²) in [6.07, 6.45) is 2.66. The quantitative estimate of drug-likeness (QED) is 0.821. The number of halogens is 2. The predicted molar refractivity (Wildman–Crippen MR) is 95.2 cm³/mol. The minimum atomic E-state index is -0.00124. The monoisotopic (exact) mass is 358 g/mol. The van der Waals surface area contributed by atoms with Crippen LogP contribution in [0.1, 0.15) is 43.0 Å². The highest BCUT2D eigenvalue weighted by atomic mass is 35.5. The van der Waals surface area contributed by atoms with Gasteiger partial charge in [-0.25, -0.2) is 0 Å². The summed E-state index contributed by atoms with van der Waals surface area (Å²) in [6, 6.07) is 7.06.